The fraction of sp³-hybridized carbons (Fsp3) is 0.200. The number of aromatic nitrogens is 1. The molecule has 1 aromatic rings. The Bertz CT molecular complexity index is 465. The first kappa shape index (κ1) is 10.6. The summed E-state index contributed by atoms with van der Waals surface area (Å²) in [6, 6.07) is 3.40. The Morgan fingerprint density at radius 3 is 3.25 bits per heavy atom. The number of amides is 1. The van der Waals surface area contributed by atoms with Crippen molar-refractivity contribution in [2.24, 2.45) is 4.99 Å². The molecule has 0 aliphatic carbocycles. The molecule has 1 saturated heterocycles. The van der Waals surface area contributed by atoms with Crippen molar-refractivity contribution < 1.29 is 4.79 Å². The third kappa shape index (κ3) is 2.04. The summed E-state index contributed by atoms with van der Waals surface area (Å²) in [6.07, 6.45) is 4.82. The molecule has 6 heteroatoms. The van der Waals surface area contributed by atoms with Gasteiger partial charge in [0.1, 0.15) is 0 Å². The van der Waals surface area contributed by atoms with Gasteiger partial charge >= 0.3 is 0 Å². The molecular formula is C10H8N4OS. The Balaban J connectivity index is 2.23. The van der Waals surface area contributed by atoms with Crippen LogP contribution in [-0.4, -0.2) is 33.3 Å². The van der Waals surface area contributed by atoms with Crippen molar-refractivity contribution in [3.63, 3.8) is 0 Å². The van der Waals surface area contributed by atoms with Crippen molar-refractivity contribution in [2.75, 3.05) is 12.3 Å². The fourth-order valence-corrected chi connectivity index (χ4v) is 2.26. The molecule has 5 nitrogen and oxygen atoms in total. The van der Waals surface area contributed by atoms with E-state index < -0.39 is 0 Å². The van der Waals surface area contributed by atoms with Crippen LogP contribution in [-0.2, 0) is 0 Å². The van der Waals surface area contributed by atoms with Crippen LogP contribution in [0.4, 0.5) is 0 Å². The standard InChI is InChI=1S/C10H8N4OS/c11-7-13-10-14(4-5-16-10)9(15)8-2-1-3-12-6-8/h1-3,6H,4-5H2. The molecule has 0 unspecified atom stereocenters. The van der Waals surface area contributed by atoms with Gasteiger partial charge < -0.3 is 0 Å². The molecule has 16 heavy (non-hydrogen) atoms. The second-order valence-corrected chi connectivity index (χ2v) is 4.10. The zero-order valence-electron chi connectivity index (χ0n) is 8.33. The highest BCUT2D eigenvalue weighted by Gasteiger charge is 2.26. The quantitative estimate of drug-likeness (QED) is 0.680. The first-order valence-electron chi connectivity index (χ1n) is 4.64. The van der Waals surface area contributed by atoms with Gasteiger partial charge in [0.2, 0.25) is 6.19 Å². The second-order valence-electron chi connectivity index (χ2n) is 3.04. The lowest BCUT2D eigenvalue weighted by Crippen LogP contribution is -2.31. The van der Waals surface area contributed by atoms with Gasteiger partial charge in [0.05, 0.1) is 5.56 Å². The minimum atomic E-state index is -0.160. The molecule has 0 aromatic carbocycles. The largest absolute Gasteiger partial charge is 0.286 e. The number of carbonyl (C=O) groups excluding carboxylic acids is 1. The van der Waals surface area contributed by atoms with Gasteiger partial charge in [-0.3, -0.25) is 14.7 Å². The summed E-state index contributed by atoms with van der Waals surface area (Å²) in [7, 11) is 0. The highest BCUT2D eigenvalue weighted by molar-refractivity contribution is 8.14. The summed E-state index contributed by atoms with van der Waals surface area (Å²) in [5.41, 5.74) is 0.510. The summed E-state index contributed by atoms with van der Waals surface area (Å²) in [6.45, 7) is 0.582. The van der Waals surface area contributed by atoms with E-state index >= 15 is 0 Å². The van der Waals surface area contributed by atoms with Gasteiger partial charge in [-0.05, 0) is 12.1 Å². The number of rotatable bonds is 1. The van der Waals surface area contributed by atoms with Crippen LogP contribution >= 0.6 is 11.8 Å². The number of thioether (sulfide) groups is 1. The molecule has 1 fully saturated rings. The van der Waals surface area contributed by atoms with Gasteiger partial charge in [-0.25, -0.2) is 0 Å². The average molecular weight is 232 g/mol. The van der Waals surface area contributed by atoms with Crippen LogP contribution in [0.2, 0.25) is 0 Å². The van der Waals surface area contributed by atoms with E-state index in [-0.39, 0.29) is 5.91 Å². The number of nitrogens with zero attached hydrogens (tertiary/aromatic N) is 4. The molecule has 0 radical (unpaired) electrons. The lowest BCUT2D eigenvalue weighted by Gasteiger charge is -2.14. The molecule has 0 bridgehead atoms. The smallest absolute Gasteiger partial charge is 0.261 e. The van der Waals surface area contributed by atoms with Crippen LogP contribution in [0, 0.1) is 11.5 Å². The van der Waals surface area contributed by atoms with Crippen molar-refractivity contribution in [1.82, 2.24) is 9.88 Å². The van der Waals surface area contributed by atoms with Gasteiger partial charge in [-0.1, -0.05) is 11.8 Å². The van der Waals surface area contributed by atoms with Crippen molar-refractivity contribution in [3.8, 4) is 6.19 Å². The van der Waals surface area contributed by atoms with E-state index in [2.05, 4.69) is 9.98 Å². The van der Waals surface area contributed by atoms with Crippen LogP contribution in [0.5, 0.6) is 0 Å². The van der Waals surface area contributed by atoms with Crippen molar-refractivity contribution >= 4 is 22.8 Å². The third-order valence-electron chi connectivity index (χ3n) is 2.08. The van der Waals surface area contributed by atoms with Crippen LogP contribution in [0.3, 0.4) is 0 Å². The van der Waals surface area contributed by atoms with Crippen LogP contribution in [0.25, 0.3) is 0 Å². The summed E-state index contributed by atoms with van der Waals surface area (Å²) in [4.78, 5) is 21.0. The summed E-state index contributed by atoms with van der Waals surface area (Å²) in [5, 5.41) is 8.96. The van der Waals surface area contributed by atoms with E-state index in [0.29, 0.717) is 17.3 Å². The average Bonchev–Trinajstić information content (AvgIpc) is 2.78. The molecule has 0 atom stereocenters. The highest BCUT2D eigenvalue weighted by atomic mass is 32.2. The predicted molar refractivity (Wildman–Crippen MR) is 60.8 cm³/mol. The Hall–Kier alpha value is -1.87. The van der Waals surface area contributed by atoms with E-state index in [1.54, 1.807) is 24.5 Å². The normalized spacial score (nSPS) is 17.4. The SMILES string of the molecule is N#CN=C1SCCN1C(=O)c1cccnc1. The Morgan fingerprint density at radius 1 is 1.69 bits per heavy atom. The zero-order chi connectivity index (χ0) is 11.4. The van der Waals surface area contributed by atoms with Crippen molar-refractivity contribution in [2.45, 2.75) is 0 Å². The van der Waals surface area contributed by atoms with Crippen LogP contribution in [0.1, 0.15) is 10.4 Å². The van der Waals surface area contributed by atoms with E-state index in [4.69, 9.17) is 5.26 Å². The van der Waals surface area contributed by atoms with Gasteiger partial charge in [-0.2, -0.15) is 5.26 Å². The van der Waals surface area contributed by atoms with Gasteiger partial charge in [0.25, 0.3) is 5.91 Å². The zero-order valence-corrected chi connectivity index (χ0v) is 9.15. The molecule has 1 aromatic heterocycles. The molecule has 0 spiro atoms. The molecule has 80 valence electrons. The second kappa shape index (κ2) is 4.77. The molecule has 1 amide bonds. The Labute approximate surface area is 96.8 Å². The number of pyridine rings is 1. The molecular weight excluding hydrogens is 224 g/mol. The lowest BCUT2D eigenvalue weighted by molar-refractivity contribution is 0.0859. The maximum atomic E-state index is 12.0. The Kier molecular flexibility index (Phi) is 3.17. The minimum Gasteiger partial charge on any atom is -0.286 e. The summed E-state index contributed by atoms with van der Waals surface area (Å²) in [5.74, 6) is 0.610. The summed E-state index contributed by atoms with van der Waals surface area (Å²) >= 11 is 1.41. The first-order chi connectivity index (χ1) is 7.83. The van der Waals surface area contributed by atoms with Gasteiger partial charge in [0, 0.05) is 24.7 Å². The number of hydrogen-bond acceptors (Lipinski definition) is 5. The van der Waals surface area contributed by atoms with E-state index in [9.17, 15) is 4.79 Å². The van der Waals surface area contributed by atoms with Crippen LogP contribution in [0.15, 0.2) is 29.5 Å². The number of hydrogen-bond donors (Lipinski definition) is 0. The fourth-order valence-electron chi connectivity index (χ4n) is 1.37. The highest BCUT2D eigenvalue weighted by Crippen LogP contribution is 2.20. The Morgan fingerprint density at radius 2 is 2.56 bits per heavy atom. The maximum absolute atomic E-state index is 12.0. The number of carbonyl (C=O) groups is 1. The molecule has 1 aliphatic heterocycles. The lowest BCUT2D eigenvalue weighted by atomic mass is 10.2. The summed E-state index contributed by atoms with van der Waals surface area (Å²) < 4.78 is 0. The molecule has 2 heterocycles. The van der Waals surface area contributed by atoms with E-state index in [0.717, 1.165) is 5.75 Å². The minimum absolute atomic E-state index is 0.160. The third-order valence-corrected chi connectivity index (χ3v) is 3.03. The number of nitriles is 1. The van der Waals surface area contributed by atoms with Crippen molar-refractivity contribution in [3.05, 3.63) is 30.1 Å². The monoisotopic (exact) mass is 232 g/mol. The molecule has 0 saturated carbocycles. The molecule has 0 N–H and O–H groups in total. The predicted octanol–water partition coefficient (Wildman–Crippen LogP) is 1.11. The number of aliphatic imine (C=N–C) groups is 1. The number of amidine groups is 1. The maximum Gasteiger partial charge on any atom is 0.261 e. The molecule has 2 rings (SSSR count). The molecule has 1 aliphatic rings. The van der Waals surface area contributed by atoms with Crippen molar-refractivity contribution in [1.29, 1.82) is 5.26 Å². The van der Waals surface area contributed by atoms with Gasteiger partial charge in [0.15, 0.2) is 5.17 Å². The topological polar surface area (TPSA) is 69.3 Å². The van der Waals surface area contributed by atoms with Crippen LogP contribution < -0.4 is 0 Å². The van der Waals surface area contributed by atoms with E-state index in [1.807, 2.05) is 0 Å². The van der Waals surface area contributed by atoms with E-state index in [1.165, 1.54) is 22.9 Å². The van der Waals surface area contributed by atoms with Gasteiger partial charge in [-0.15, -0.1) is 4.99 Å². The first-order valence-corrected chi connectivity index (χ1v) is 5.63.